The molecule has 5 heteroatoms. The second-order valence-corrected chi connectivity index (χ2v) is 6.70. The van der Waals surface area contributed by atoms with E-state index in [1.807, 2.05) is 29.2 Å². The molecule has 1 aromatic carbocycles. The van der Waals surface area contributed by atoms with Crippen molar-refractivity contribution in [2.45, 2.75) is 51.0 Å². The van der Waals surface area contributed by atoms with Crippen molar-refractivity contribution in [1.29, 1.82) is 0 Å². The van der Waals surface area contributed by atoms with Crippen molar-refractivity contribution >= 4 is 11.6 Å². The maximum atomic E-state index is 12.2. The lowest BCUT2D eigenvalue weighted by molar-refractivity contribution is -0.137. The van der Waals surface area contributed by atoms with Crippen molar-refractivity contribution in [3.05, 3.63) is 29.8 Å². The predicted molar refractivity (Wildman–Crippen MR) is 93.3 cm³/mol. The Morgan fingerprint density at radius 2 is 2.00 bits per heavy atom. The minimum Gasteiger partial charge on any atom is -0.497 e. The average molecular weight is 330 g/mol. The lowest BCUT2D eigenvalue weighted by Crippen LogP contribution is -2.46. The van der Waals surface area contributed by atoms with Crippen LogP contribution in [0.1, 0.15) is 51.0 Å². The summed E-state index contributed by atoms with van der Waals surface area (Å²) >= 11 is 0. The zero-order chi connectivity index (χ0) is 17.0. The number of ether oxygens (including phenoxy) is 1. The molecule has 0 N–H and O–H groups in total. The molecular formula is C19H26N2O3. The first kappa shape index (κ1) is 16.8. The fourth-order valence-corrected chi connectivity index (χ4v) is 3.38. The summed E-state index contributed by atoms with van der Waals surface area (Å²) in [4.78, 5) is 20.0. The Morgan fingerprint density at radius 1 is 1.29 bits per heavy atom. The number of rotatable bonds is 5. The number of piperidine rings is 1. The van der Waals surface area contributed by atoms with Gasteiger partial charge in [0, 0.05) is 38.8 Å². The van der Waals surface area contributed by atoms with Gasteiger partial charge in [-0.2, -0.15) is 0 Å². The van der Waals surface area contributed by atoms with Gasteiger partial charge in [-0.1, -0.05) is 18.5 Å². The largest absolute Gasteiger partial charge is 0.497 e. The minimum absolute atomic E-state index is 0.225. The summed E-state index contributed by atoms with van der Waals surface area (Å²) in [5.41, 5.74) is 1.84. The highest BCUT2D eigenvalue weighted by molar-refractivity contribution is 6.01. The van der Waals surface area contributed by atoms with E-state index in [-0.39, 0.29) is 11.5 Å². The lowest BCUT2D eigenvalue weighted by Gasteiger charge is -2.37. The number of carbonyl (C=O) groups is 1. The molecule has 0 atom stereocenters. The summed E-state index contributed by atoms with van der Waals surface area (Å²) in [6, 6.07) is 7.92. The number of oxime groups is 1. The van der Waals surface area contributed by atoms with Crippen molar-refractivity contribution in [2.75, 3.05) is 20.2 Å². The van der Waals surface area contributed by atoms with E-state index in [2.05, 4.69) is 12.1 Å². The van der Waals surface area contributed by atoms with E-state index in [0.29, 0.717) is 6.42 Å². The van der Waals surface area contributed by atoms with Crippen LogP contribution in [0.3, 0.4) is 0 Å². The number of hydrogen-bond donors (Lipinski definition) is 0. The normalized spacial score (nSPS) is 19.1. The van der Waals surface area contributed by atoms with Gasteiger partial charge in [0.25, 0.3) is 0 Å². The Morgan fingerprint density at radius 3 is 2.62 bits per heavy atom. The van der Waals surface area contributed by atoms with Crippen LogP contribution in [0.15, 0.2) is 29.4 Å². The monoisotopic (exact) mass is 330 g/mol. The van der Waals surface area contributed by atoms with E-state index in [4.69, 9.17) is 9.57 Å². The molecule has 1 aromatic rings. The van der Waals surface area contributed by atoms with Crippen molar-refractivity contribution in [3.8, 4) is 5.75 Å². The number of carbonyl (C=O) groups excluding carboxylic acids is 1. The Balaban J connectivity index is 1.56. The van der Waals surface area contributed by atoms with Crippen LogP contribution < -0.4 is 4.74 Å². The molecule has 1 amide bonds. The summed E-state index contributed by atoms with van der Waals surface area (Å²) in [6.45, 7) is 3.66. The van der Waals surface area contributed by atoms with Crippen LogP contribution in [0.5, 0.6) is 5.75 Å². The van der Waals surface area contributed by atoms with Crippen molar-refractivity contribution in [1.82, 2.24) is 4.90 Å². The van der Waals surface area contributed by atoms with Crippen molar-refractivity contribution in [2.24, 2.45) is 5.16 Å². The van der Waals surface area contributed by atoms with Crippen LogP contribution in [0.4, 0.5) is 0 Å². The molecule has 1 fully saturated rings. The van der Waals surface area contributed by atoms with Gasteiger partial charge >= 0.3 is 0 Å². The summed E-state index contributed by atoms with van der Waals surface area (Å²) in [7, 11) is 1.66. The molecule has 3 rings (SSSR count). The van der Waals surface area contributed by atoms with Crippen LogP contribution in [0.2, 0.25) is 0 Å². The van der Waals surface area contributed by atoms with Crippen LogP contribution in [-0.2, 0) is 9.63 Å². The van der Waals surface area contributed by atoms with Gasteiger partial charge in [0.1, 0.15) is 11.4 Å². The zero-order valence-corrected chi connectivity index (χ0v) is 14.6. The van der Waals surface area contributed by atoms with Gasteiger partial charge in [-0.15, -0.1) is 0 Å². The number of hydrogen-bond acceptors (Lipinski definition) is 4. The molecule has 2 aliphatic heterocycles. The first-order chi connectivity index (χ1) is 11.7. The summed E-state index contributed by atoms with van der Waals surface area (Å²) in [5.74, 6) is 1.12. The number of nitrogens with zero attached hydrogens (tertiary/aromatic N) is 2. The molecule has 0 aromatic heterocycles. The number of likely N-dealkylation sites (tertiary alicyclic amines) is 1. The number of methoxy groups -OCH3 is 1. The fourth-order valence-electron chi connectivity index (χ4n) is 3.38. The second-order valence-electron chi connectivity index (χ2n) is 6.70. The summed E-state index contributed by atoms with van der Waals surface area (Å²) in [6.07, 6.45) is 5.23. The zero-order valence-electron chi connectivity index (χ0n) is 14.6. The molecule has 0 aliphatic carbocycles. The highest BCUT2D eigenvalue weighted by atomic mass is 16.7. The second kappa shape index (κ2) is 7.24. The molecule has 0 bridgehead atoms. The highest BCUT2D eigenvalue weighted by Crippen LogP contribution is 2.36. The van der Waals surface area contributed by atoms with Gasteiger partial charge < -0.3 is 14.5 Å². The molecule has 0 saturated carbocycles. The van der Waals surface area contributed by atoms with Crippen molar-refractivity contribution < 1.29 is 14.4 Å². The summed E-state index contributed by atoms with van der Waals surface area (Å²) < 4.78 is 5.20. The molecule has 130 valence electrons. The van der Waals surface area contributed by atoms with Crippen molar-refractivity contribution in [3.63, 3.8) is 0 Å². The standard InChI is InChI=1S/C19H26N2O3/c1-3-4-5-18(22)21-12-10-19(11-13-21)14-17(20-24-19)15-6-8-16(23-2)9-7-15/h6-9H,3-5,10-14H2,1-2H3. The van der Waals surface area contributed by atoms with Gasteiger partial charge in [-0.3, -0.25) is 4.79 Å². The highest BCUT2D eigenvalue weighted by Gasteiger charge is 2.42. The quantitative estimate of drug-likeness (QED) is 0.832. The van der Waals surface area contributed by atoms with Gasteiger partial charge in [-0.05, 0) is 36.2 Å². The van der Waals surface area contributed by atoms with Gasteiger partial charge in [0.05, 0.1) is 12.8 Å². The molecule has 1 spiro atoms. The smallest absolute Gasteiger partial charge is 0.222 e. The molecule has 2 aliphatic rings. The van der Waals surface area contributed by atoms with E-state index in [0.717, 1.165) is 62.2 Å². The minimum atomic E-state index is -0.225. The molecule has 24 heavy (non-hydrogen) atoms. The van der Waals surface area contributed by atoms with Gasteiger partial charge in [-0.25, -0.2) is 0 Å². The Labute approximate surface area is 143 Å². The topological polar surface area (TPSA) is 51.1 Å². The third-order valence-electron chi connectivity index (χ3n) is 5.03. The van der Waals surface area contributed by atoms with E-state index in [1.165, 1.54) is 0 Å². The first-order valence-electron chi connectivity index (χ1n) is 8.83. The predicted octanol–water partition coefficient (Wildman–Crippen LogP) is 3.37. The first-order valence-corrected chi connectivity index (χ1v) is 8.83. The van der Waals surface area contributed by atoms with E-state index in [1.54, 1.807) is 7.11 Å². The molecule has 5 nitrogen and oxygen atoms in total. The fraction of sp³-hybridized carbons (Fsp3) is 0.579. The maximum absolute atomic E-state index is 12.2. The van der Waals surface area contributed by atoms with E-state index >= 15 is 0 Å². The molecular weight excluding hydrogens is 304 g/mol. The van der Waals surface area contributed by atoms with Crippen LogP contribution in [0.25, 0.3) is 0 Å². The molecule has 0 radical (unpaired) electrons. The maximum Gasteiger partial charge on any atom is 0.222 e. The molecule has 1 saturated heterocycles. The average Bonchev–Trinajstić information content (AvgIpc) is 3.04. The van der Waals surface area contributed by atoms with Crippen LogP contribution in [0, 0.1) is 0 Å². The van der Waals surface area contributed by atoms with E-state index in [9.17, 15) is 4.79 Å². The van der Waals surface area contributed by atoms with Crippen LogP contribution in [-0.4, -0.2) is 42.3 Å². The Bertz CT molecular complexity index is 602. The Kier molecular flexibility index (Phi) is 5.07. The lowest BCUT2D eigenvalue weighted by atomic mass is 9.85. The van der Waals surface area contributed by atoms with E-state index < -0.39 is 0 Å². The third-order valence-corrected chi connectivity index (χ3v) is 5.03. The van der Waals surface area contributed by atoms with Gasteiger partial charge in [0.15, 0.2) is 0 Å². The number of amides is 1. The molecule has 0 unspecified atom stereocenters. The van der Waals surface area contributed by atoms with Gasteiger partial charge in [0.2, 0.25) is 5.91 Å². The SMILES string of the molecule is CCCCC(=O)N1CCC2(CC1)CC(c1ccc(OC)cc1)=NO2. The molecule has 2 heterocycles. The number of unbranched alkanes of at least 4 members (excludes halogenated alkanes) is 1. The summed E-state index contributed by atoms with van der Waals surface area (Å²) in [5, 5.41) is 4.33. The number of benzene rings is 1. The Hall–Kier alpha value is -2.04. The third kappa shape index (κ3) is 3.55. The van der Waals surface area contributed by atoms with Crippen LogP contribution >= 0.6 is 0 Å².